The summed E-state index contributed by atoms with van der Waals surface area (Å²) in [6, 6.07) is 5.39. The number of likely N-dealkylation sites (tertiary alicyclic amines) is 1. The number of ether oxygens (including phenoxy) is 1. The van der Waals surface area contributed by atoms with Gasteiger partial charge in [0.1, 0.15) is 0 Å². The van der Waals surface area contributed by atoms with Crippen molar-refractivity contribution < 1.29 is 14.3 Å². The second kappa shape index (κ2) is 6.61. The Hall–Kier alpha value is -1.59. The standard InChI is InChI=1S/C19H23ClN2O3/c1-11-14(3-2-4-16(11)20)19(24)22-9-13-7-15(17(10-22)25-13)18(23)21-8-12-5-6-12/h2-4,12-13,15,17H,5-10H2,1H3,(H,21,23). The highest BCUT2D eigenvalue weighted by molar-refractivity contribution is 6.31. The van der Waals surface area contributed by atoms with Crippen molar-refractivity contribution in [2.45, 2.75) is 38.4 Å². The van der Waals surface area contributed by atoms with E-state index < -0.39 is 0 Å². The van der Waals surface area contributed by atoms with E-state index in [1.165, 1.54) is 12.8 Å². The molecular formula is C19H23ClN2O3. The predicted octanol–water partition coefficient (Wildman–Crippen LogP) is 2.40. The van der Waals surface area contributed by atoms with Crippen molar-refractivity contribution in [1.29, 1.82) is 0 Å². The minimum atomic E-state index is -0.207. The van der Waals surface area contributed by atoms with Gasteiger partial charge in [-0.25, -0.2) is 0 Å². The molecule has 1 aliphatic carbocycles. The quantitative estimate of drug-likeness (QED) is 0.894. The van der Waals surface area contributed by atoms with E-state index in [4.69, 9.17) is 16.3 Å². The number of hydrogen-bond donors (Lipinski definition) is 1. The van der Waals surface area contributed by atoms with Crippen LogP contribution in [0.25, 0.3) is 0 Å². The van der Waals surface area contributed by atoms with E-state index in [0.717, 1.165) is 12.1 Å². The van der Waals surface area contributed by atoms with Crippen LogP contribution < -0.4 is 5.32 Å². The third kappa shape index (κ3) is 3.40. The summed E-state index contributed by atoms with van der Waals surface area (Å²) in [6.07, 6.45) is 2.86. The zero-order chi connectivity index (χ0) is 17.6. The summed E-state index contributed by atoms with van der Waals surface area (Å²) >= 11 is 6.15. The lowest BCUT2D eigenvalue weighted by Gasteiger charge is -2.33. The van der Waals surface area contributed by atoms with Gasteiger partial charge in [0.2, 0.25) is 5.91 Å². The Bertz CT molecular complexity index is 704. The van der Waals surface area contributed by atoms with E-state index in [1.54, 1.807) is 18.2 Å². The zero-order valence-electron chi connectivity index (χ0n) is 14.3. The van der Waals surface area contributed by atoms with Gasteiger partial charge in [-0.3, -0.25) is 9.59 Å². The molecule has 2 amide bonds. The fourth-order valence-corrected chi connectivity index (χ4v) is 3.98. The van der Waals surface area contributed by atoms with Crippen LogP contribution in [0.5, 0.6) is 0 Å². The molecule has 3 atom stereocenters. The molecule has 1 saturated carbocycles. The number of nitrogens with zero attached hydrogens (tertiary/aromatic N) is 1. The molecule has 2 saturated heterocycles. The molecule has 134 valence electrons. The van der Waals surface area contributed by atoms with Crippen molar-refractivity contribution in [2.75, 3.05) is 19.6 Å². The maximum atomic E-state index is 12.9. The molecule has 1 aromatic rings. The Morgan fingerprint density at radius 3 is 2.88 bits per heavy atom. The van der Waals surface area contributed by atoms with Gasteiger partial charge in [0.05, 0.1) is 18.1 Å². The van der Waals surface area contributed by atoms with Gasteiger partial charge in [-0.05, 0) is 49.8 Å². The van der Waals surface area contributed by atoms with Crippen LogP contribution in [0.1, 0.15) is 35.2 Å². The number of carbonyl (C=O) groups is 2. The Kier molecular flexibility index (Phi) is 4.46. The lowest BCUT2D eigenvalue weighted by Crippen LogP contribution is -2.48. The van der Waals surface area contributed by atoms with E-state index in [-0.39, 0.29) is 29.9 Å². The first-order chi connectivity index (χ1) is 12.0. The fraction of sp³-hybridized carbons (Fsp3) is 0.579. The van der Waals surface area contributed by atoms with Crippen molar-refractivity contribution in [1.82, 2.24) is 10.2 Å². The van der Waals surface area contributed by atoms with E-state index in [1.807, 2.05) is 11.8 Å². The second-order valence-electron chi connectivity index (χ2n) is 7.45. The van der Waals surface area contributed by atoms with Gasteiger partial charge in [-0.1, -0.05) is 17.7 Å². The van der Waals surface area contributed by atoms with Crippen molar-refractivity contribution in [3.8, 4) is 0 Å². The summed E-state index contributed by atoms with van der Waals surface area (Å²) in [7, 11) is 0. The number of fused-ring (bicyclic) bond motifs is 2. The monoisotopic (exact) mass is 362 g/mol. The van der Waals surface area contributed by atoms with Crippen LogP contribution in [0.2, 0.25) is 5.02 Å². The number of benzene rings is 1. The van der Waals surface area contributed by atoms with Crippen LogP contribution >= 0.6 is 11.6 Å². The molecular weight excluding hydrogens is 340 g/mol. The summed E-state index contributed by atoms with van der Waals surface area (Å²) in [4.78, 5) is 27.2. The van der Waals surface area contributed by atoms with Crippen LogP contribution in [0.3, 0.4) is 0 Å². The Morgan fingerprint density at radius 2 is 2.12 bits per heavy atom. The highest BCUT2D eigenvalue weighted by Crippen LogP contribution is 2.34. The molecule has 3 unspecified atom stereocenters. The van der Waals surface area contributed by atoms with Crippen molar-refractivity contribution >= 4 is 23.4 Å². The molecule has 0 aromatic heterocycles. The van der Waals surface area contributed by atoms with E-state index in [2.05, 4.69) is 5.32 Å². The minimum Gasteiger partial charge on any atom is -0.370 e. The molecule has 5 nitrogen and oxygen atoms in total. The highest BCUT2D eigenvalue weighted by atomic mass is 35.5. The van der Waals surface area contributed by atoms with Gasteiger partial charge >= 0.3 is 0 Å². The van der Waals surface area contributed by atoms with Gasteiger partial charge in [0.25, 0.3) is 5.91 Å². The van der Waals surface area contributed by atoms with Crippen LogP contribution in [0, 0.1) is 18.8 Å². The van der Waals surface area contributed by atoms with Gasteiger partial charge in [0.15, 0.2) is 0 Å². The summed E-state index contributed by atoms with van der Waals surface area (Å²) in [5.74, 6) is 0.557. The number of halogens is 1. The molecule has 4 rings (SSSR count). The Labute approximate surface area is 152 Å². The van der Waals surface area contributed by atoms with Crippen LogP contribution in [0.15, 0.2) is 18.2 Å². The molecule has 2 heterocycles. The van der Waals surface area contributed by atoms with E-state index in [9.17, 15) is 9.59 Å². The second-order valence-corrected chi connectivity index (χ2v) is 7.86. The molecule has 2 bridgehead atoms. The maximum absolute atomic E-state index is 12.9. The number of morpholine rings is 1. The predicted molar refractivity (Wildman–Crippen MR) is 94.6 cm³/mol. The summed E-state index contributed by atoms with van der Waals surface area (Å²) in [5, 5.41) is 3.65. The molecule has 2 aliphatic heterocycles. The molecule has 0 spiro atoms. The van der Waals surface area contributed by atoms with Crippen molar-refractivity contribution in [3.05, 3.63) is 34.3 Å². The van der Waals surface area contributed by atoms with Crippen LogP contribution in [0.4, 0.5) is 0 Å². The largest absolute Gasteiger partial charge is 0.370 e. The third-order valence-electron chi connectivity index (χ3n) is 5.54. The lowest BCUT2D eigenvalue weighted by atomic mass is 9.99. The zero-order valence-corrected chi connectivity index (χ0v) is 15.1. The third-order valence-corrected chi connectivity index (χ3v) is 5.95. The van der Waals surface area contributed by atoms with E-state index >= 15 is 0 Å². The van der Waals surface area contributed by atoms with Gasteiger partial charge < -0.3 is 15.0 Å². The Morgan fingerprint density at radius 1 is 1.32 bits per heavy atom. The summed E-state index contributed by atoms with van der Waals surface area (Å²) in [6.45, 7) is 3.63. The van der Waals surface area contributed by atoms with Crippen molar-refractivity contribution in [3.63, 3.8) is 0 Å². The summed E-state index contributed by atoms with van der Waals surface area (Å²) < 4.78 is 5.94. The first-order valence-electron chi connectivity index (χ1n) is 9.00. The molecule has 1 N–H and O–H groups in total. The SMILES string of the molecule is Cc1c(Cl)cccc1C(=O)N1CC2CC(C(=O)NCC3CC3)C(C1)O2. The van der Waals surface area contributed by atoms with Crippen LogP contribution in [-0.4, -0.2) is 48.6 Å². The molecule has 3 fully saturated rings. The molecule has 25 heavy (non-hydrogen) atoms. The fourth-order valence-electron chi connectivity index (χ4n) is 3.81. The smallest absolute Gasteiger partial charge is 0.254 e. The number of amides is 2. The average molecular weight is 363 g/mol. The first-order valence-corrected chi connectivity index (χ1v) is 9.38. The maximum Gasteiger partial charge on any atom is 0.254 e. The summed E-state index contributed by atoms with van der Waals surface area (Å²) in [5.41, 5.74) is 1.43. The molecule has 6 heteroatoms. The number of nitrogens with one attached hydrogen (secondary N) is 1. The normalized spacial score (nSPS) is 28.1. The molecule has 3 aliphatic rings. The Balaban J connectivity index is 1.43. The van der Waals surface area contributed by atoms with Gasteiger partial charge in [0, 0.05) is 30.2 Å². The van der Waals surface area contributed by atoms with Crippen LogP contribution in [-0.2, 0) is 9.53 Å². The number of carbonyl (C=O) groups excluding carboxylic acids is 2. The van der Waals surface area contributed by atoms with Crippen molar-refractivity contribution in [2.24, 2.45) is 11.8 Å². The lowest BCUT2D eigenvalue weighted by molar-refractivity contribution is -0.127. The number of rotatable bonds is 4. The van der Waals surface area contributed by atoms with Gasteiger partial charge in [-0.15, -0.1) is 0 Å². The van der Waals surface area contributed by atoms with Gasteiger partial charge in [-0.2, -0.15) is 0 Å². The molecule has 0 radical (unpaired) electrons. The van der Waals surface area contributed by atoms with E-state index in [0.29, 0.717) is 36.0 Å². The first kappa shape index (κ1) is 16.9. The number of hydrogen-bond acceptors (Lipinski definition) is 3. The minimum absolute atomic E-state index is 0.0302. The average Bonchev–Trinajstić information content (AvgIpc) is 3.38. The molecule has 1 aromatic carbocycles. The highest BCUT2D eigenvalue weighted by Gasteiger charge is 2.46. The topological polar surface area (TPSA) is 58.6 Å².